The summed E-state index contributed by atoms with van der Waals surface area (Å²) in [5.74, 6) is -0.139. The Morgan fingerprint density at radius 2 is 1.92 bits per heavy atom. The van der Waals surface area contributed by atoms with Gasteiger partial charge in [0.15, 0.2) is 6.10 Å². The molecular formula is C20H30N2O4. The Hall–Kier alpha value is -2.08. The summed E-state index contributed by atoms with van der Waals surface area (Å²) in [5, 5.41) is 16.2. The number of carbonyl (C=O) groups excluding carboxylic acids is 2. The Bertz CT molecular complexity index is 619. The highest BCUT2D eigenvalue weighted by atomic mass is 16.5. The molecule has 6 heteroatoms. The number of carbonyl (C=O) groups is 2. The van der Waals surface area contributed by atoms with Gasteiger partial charge in [-0.15, -0.1) is 0 Å². The van der Waals surface area contributed by atoms with Crippen LogP contribution in [0, 0.1) is 11.8 Å². The number of aliphatic hydroxyl groups excluding tert-OH is 1. The van der Waals surface area contributed by atoms with Crippen LogP contribution in [0.2, 0.25) is 0 Å². The first kappa shape index (κ1) is 20.2. The van der Waals surface area contributed by atoms with E-state index in [1.54, 1.807) is 0 Å². The van der Waals surface area contributed by atoms with Crippen molar-refractivity contribution in [2.75, 3.05) is 0 Å². The lowest BCUT2D eigenvalue weighted by atomic mass is 10.0. The second-order valence-electron chi connectivity index (χ2n) is 7.48. The lowest BCUT2D eigenvalue weighted by molar-refractivity contribution is -0.132. The normalized spacial score (nSPS) is 23.8. The highest BCUT2D eigenvalue weighted by Gasteiger charge is 2.61. The fourth-order valence-corrected chi connectivity index (χ4v) is 3.07. The van der Waals surface area contributed by atoms with E-state index in [0.29, 0.717) is 6.42 Å². The van der Waals surface area contributed by atoms with Crippen molar-refractivity contribution in [2.24, 2.45) is 11.8 Å². The van der Waals surface area contributed by atoms with E-state index < -0.39 is 23.6 Å². The van der Waals surface area contributed by atoms with Gasteiger partial charge >= 0.3 is 6.09 Å². The van der Waals surface area contributed by atoms with Crippen LogP contribution in [0.5, 0.6) is 0 Å². The molecule has 1 aromatic rings. The van der Waals surface area contributed by atoms with Gasteiger partial charge in [-0.05, 0) is 30.7 Å². The maximum absolute atomic E-state index is 12.4. The number of aliphatic hydroxyl groups is 1. The molecule has 1 aliphatic carbocycles. The minimum atomic E-state index is -1.29. The molecule has 26 heavy (non-hydrogen) atoms. The summed E-state index contributed by atoms with van der Waals surface area (Å²) < 4.78 is 5.25. The van der Waals surface area contributed by atoms with Crippen LogP contribution in [0.3, 0.4) is 0 Å². The number of ether oxygens (including phenoxy) is 1. The molecule has 0 saturated heterocycles. The Labute approximate surface area is 155 Å². The van der Waals surface area contributed by atoms with Gasteiger partial charge in [0, 0.05) is 6.04 Å². The zero-order valence-electron chi connectivity index (χ0n) is 16.0. The van der Waals surface area contributed by atoms with E-state index in [9.17, 15) is 14.7 Å². The van der Waals surface area contributed by atoms with Crippen molar-refractivity contribution in [1.29, 1.82) is 0 Å². The predicted octanol–water partition coefficient (Wildman–Crippen LogP) is 2.60. The molecule has 2 amide bonds. The van der Waals surface area contributed by atoms with Gasteiger partial charge < -0.3 is 20.5 Å². The molecule has 0 aliphatic heterocycles. The minimum absolute atomic E-state index is 0.0573. The van der Waals surface area contributed by atoms with Crippen LogP contribution in [-0.4, -0.2) is 34.8 Å². The number of amides is 2. The summed E-state index contributed by atoms with van der Waals surface area (Å²) in [6.07, 6.45) is -0.580. The van der Waals surface area contributed by atoms with Gasteiger partial charge in [-0.1, -0.05) is 57.5 Å². The molecule has 2 rings (SSSR count). The number of benzene rings is 1. The third-order valence-corrected chi connectivity index (χ3v) is 5.30. The van der Waals surface area contributed by atoms with E-state index in [4.69, 9.17) is 4.74 Å². The largest absolute Gasteiger partial charge is 0.445 e. The van der Waals surface area contributed by atoms with Gasteiger partial charge in [0.05, 0.1) is 5.54 Å². The summed E-state index contributed by atoms with van der Waals surface area (Å²) in [6, 6.07) is 9.31. The Balaban J connectivity index is 1.96. The lowest BCUT2D eigenvalue weighted by Crippen LogP contribution is -2.55. The summed E-state index contributed by atoms with van der Waals surface area (Å²) in [6.45, 7) is 8.02. The number of rotatable bonds is 8. The molecule has 6 nitrogen and oxygen atoms in total. The molecule has 1 fully saturated rings. The molecule has 144 valence electrons. The highest BCUT2D eigenvalue weighted by Crippen LogP contribution is 2.48. The first-order valence-corrected chi connectivity index (χ1v) is 9.27. The van der Waals surface area contributed by atoms with Crippen molar-refractivity contribution in [1.82, 2.24) is 10.6 Å². The van der Waals surface area contributed by atoms with Crippen molar-refractivity contribution in [3.05, 3.63) is 35.9 Å². The molecule has 1 saturated carbocycles. The Morgan fingerprint density at radius 3 is 2.46 bits per heavy atom. The maximum atomic E-state index is 12.4. The second-order valence-corrected chi connectivity index (χ2v) is 7.48. The van der Waals surface area contributed by atoms with E-state index in [1.807, 2.05) is 58.0 Å². The van der Waals surface area contributed by atoms with E-state index in [1.165, 1.54) is 0 Å². The molecular weight excluding hydrogens is 332 g/mol. The molecule has 0 heterocycles. The third-order valence-electron chi connectivity index (χ3n) is 5.30. The smallest absolute Gasteiger partial charge is 0.408 e. The van der Waals surface area contributed by atoms with Crippen LogP contribution in [-0.2, 0) is 16.1 Å². The second kappa shape index (κ2) is 8.54. The van der Waals surface area contributed by atoms with Crippen molar-refractivity contribution < 1.29 is 19.4 Å². The van der Waals surface area contributed by atoms with Gasteiger partial charge in [0.2, 0.25) is 0 Å². The van der Waals surface area contributed by atoms with E-state index in [0.717, 1.165) is 12.0 Å². The van der Waals surface area contributed by atoms with E-state index in [-0.39, 0.29) is 24.5 Å². The van der Waals surface area contributed by atoms with Crippen LogP contribution in [0.1, 0.15) is 46.1 Å². The number of hydrogen-bond acceptors (Lipinski definition) is 4. The number of alkyl carbamates (subject to hydrolysis) is 1. The fourth-order valence-electron chi connectivity index (χ4n) is 3.07. The summed E-state index contributed by atoms with van der Waals surface area (Å²) >= 11 is 0. The van der Waals surface area contributed by atoms with Crippen molar-refractivity contribution in [2.45, 2.75) is 64.8 Å². The molecule has 0 spiro atoms. The molecule has 3 N–H and O–H groups in total. The van der Waals surface area contributed by atoms with Crippen molar-refractivity contribution >= 4 is 12.0 Å². The average Bonchev–Trinajstić information content (AvgIpc) is 3.34. The van der Waals surface area contributed by atoms with Gasteiger partial charge in [0.25, 0.3) is 5.91 Å². The van der Waals surface area contributed by atoms with Crippen molar-refractivity contribution in [3.63, 3.8) is 0 Å². The SMILES string of the molecule is CC[C@@H]1CC1(NC(=O)OCc1ccccc1)C(O)C(=O)N[C@@H](C)C(C)C. The first-order valence-electron chi connectivity index (χ1n) is 9.27. The van der Waals surface area contributed by atoms with Crippen LogP contribution < -0.4 is 10.6 Å². The fraction of sp³-hybridized carbons (Fsp3) is 0.600. The Morgan fingerprint density at radius 1 is 1.27 bits per heavy atom. The van der Waals surface area contributed by atoms with Crippen LogP contribution in [0.25, 0.3) is 0 Å². The highest BCUT2D eigenvalue weighted by molar-refractivity contribution is 5.84. The van der Waals surface area contributed by atoms with Gasteiger partial charge in [-0.3, -0.25) is 4.79 Å². The molecule has 0 bridgehead atoms. The zero-order chi connectivity index (χ0) is 19.3. The molecule has 4 atom stereocenters. The topological polar surface area (TPSA) is 87.7 Å². The lowest BCUT2D eigenvalue weighted by Gasteiger charge is -2.26. The van der Waals surface area contributed by atoms with Crippen LogP contribution >= 0.6 is 0 Å². The zero-order valence-corrected chi connectivity index (χ0v) is 16.0. The van der Waals surface area contributed by atoms with Gasteiger partial charge in [0.1, 0.15) is 6.61 Å². The minimum Gasteiger partial charge on any atom is -0.445 e. The van der Waals surface area contributed by atoms with Crippen molar-refractivity contribution in [3.8, 4) is 0 Å². The number of nitrogens with one attached hydrogen (secondary N) is 2. The van der Waals surface area contributed by atoms with Crippen LogP contribution in [0.15, 0.2) is 30.3 Å². The first-order chi connectivity index (χ1) is 12.3. The van der Waals surface area contributed by atoms with Gasteiger partial charge in [-0.25, -0.2) is 4.79 Å². The summed E-state index contributed by atoms with van der Waals surface area (Å²) in [5.41, 5.74) is -0.0628. The standard InChI is InChI=1S/C20H30N2O4/c1-5-16-11-20(16,17(23)18(24)21-14(4)13(2)3)22-19(25)26-12-15-9-7-6-8-10-15/h6-10,13-14,16-17,23H,5,11-12H2,1-4H3,(H,21,24)(H,22,25)/t14-,16+,17?,20?/m0/s1. The number of hydrogen-bond donors (Lipinski definition) is 3. The van der Waals surface area contributed by atoms with E-state index >= 15 is 0 Å². The third kappa shape index (κ3) is 4.75. The van der Waals surface area contributed by atoms with E-state index in [2.05, 4.69) is 10.6 Å². The monoisotopic (exact) mass is 362 g/mol. The summed E-state index contributed by atoms with van der Waals surface area (Å²) in [7, 11) is 0. The van der Waals surface area contributed by atoms with Crippen LogP contribution in [0.4, 0.5) is 4.79 Å². The Kier molecular flexibility index (Phi) is 6.64. The molecule has 2 unspecified atom stereocenters. The molecule has 1 aliphatic rings. The molecule has 0 radical (unpaired) electrons. The van der Waals surface area contributed by atoms with Gasteiger partial charge in [-0.2, -0.15) is 0 Å². The predicted molar refractivity (Wildman–Crippen MR) is 99.3 cm³/mol. The quantitative estimate of drug-likeness (QED) is 0.663. The summed E-state index contributed by atoms with van der Waals surface area (Å²) in [4.78, 5) is 24.6. The molecule has 1 aromatic carbocycles. The molecule has 0 aromatic heterocycles. The average molecular weight is 362 g/mol. The maximum Gasteiger partial charge on any atom is 0.408 e.